The Morgan fingerprint density at radius 1 is 1.00 bits per heavy atom. The first-order chi connectivity index (χ1) is 15.3. The van der Waals surface area contributed by atoms with E-state index in [1.165, 1.54) is 6.92 Å². The Labute approximate surface area is 186 Å². The predicted molar refractivity (Wildman–Crippen MR) is 111 cm³/mol. The van der Waals surface area contributed by atoms with Crippen LogP contribution in [0.2, 0.25) is 0 Å². The van der Waals surface area contributed by atoms with Gasteiger partial charge in [-0.3, -0.25) is 4.79 Å². The molecule has 2 aromatic rings. The quantitative estimate of drug-likeness (QED) is 0.112. The molecule has 1 aromatic carbocycles. The van der Waals surface area contributed by atoms with Crippen molar-refractivity contribution in [2.45, 2.75) is 40.2 Å². The van der Waals surface area contributed by atoms with E-state index in [-0.39, 0.29) is 12.4 Å². The van der Waals surface area contributed by atoms with Crippen molar-refractivity contribution in [2.75, 3.05) is 17.2 Å². The van der Waals surface area contributed by atoms with E-state index in [0.717, 1.165) is 6.92 Å². The number of esters is 1. The Bertz CT molecular complexity index is 1130. The Kier molecular flexibility index (Phi) is 7.78. The number of hydrogen-bond acceptors (Lipinski definition) is 6. The third-order valence-corrected chi connectivity index (χ3v) is 4.14. The van der Waals surface area contributed by atoms with Gasteiger partial charge in [0.05, 0.1) is 12.2 Å². The number of nitrogens with zero attached hydrogens (tertiary/aromatic N) is 1. The van der Waals surface area contributed by atoms with Crippen LogP contribution in [0.15, 0.2) is 23.9 Å². The van der Waals surface area contributed by atoms with E-state index in [4.69, 9.17) is 4.74 Å². The molecule has 1 heterocycles. The molecule has 0 amide bonds. The first-order valence-electron chi connectivity index (χ1n) is 9.73. The molecule has 0 saturated carbocycles. The van der Waals surface area contributed by atoms with E-state index in [9.17, 15) is 31.5 Å². The van der Waals surface area contributed by atoms with Gasteiger partial charge in [0.2, 0.25) is 5.78 Å². The molecule has 0 aliphatic heterocycles. The fourth-order valence-corrected chi connectivity index (χ4v) is 2.62. The van der Waals surface area contributed by atoms with Gasteiger partial charge in [-0.2, -0.15) is 0 Å². The zero-order valence-corrected chi connectivity index (χ0v) is 18.5. The molecule has 0 aliphatic carbocycles. The van der Waals surface area contributed by atoms with E-state index in [1.807, 2.05) is 0 Å². The van der Waals surface area contributed by atoms with Gasteiger partial charge in [-0.1, -0.05) is 0 Å². The fraction of sp³-hybridized carbons (Fsp3) is 0.318. The SMILES string of the molecule is CCOC(=O)C(=CNc1nc(NC(C)(C)C)c(F)cc1F)C(=O)c1cc(F)c(F)c(C)c1F. The lowest BCUT2D eigenvalue weighted by atomic mass is 10.0. The lowest BCUT2D eigenvalue weighted by molar-refractivity contribution is -0.138. The minimum atomic E-state index is -1.50. The second kappa shape index (κ2) is 9.97. The molecular weight excluding hydrogens is 449 g/mol. The van der Waals surface area contributed by atoms with Crippen LogP contribution in [0, 0.1) is 36.0 Å². The van der Waals surface area contributed by atoms with E-state index in [0.29, 0.717) is 18.3 Å². The zero-order valence-electron chi connectivity index (χ0n) is 18.5. The lowest BCUT2D eigenvalue weighted by Crippen LogP contribution is -2.27. The summed E-state index contributed by atoms with van der Waals surface area (Å²) in [7, 11) is 0. The van der Waals surface area contributed by atoms with Crippen molar-refractivity contribution in [3.05, 3.63) is 64.1 Å². The molecule has 11 heteroatoms. The molecule has 1 aromatic heterocycles. The minimum Gasteiger partial charge on any atom is -0.462 e. The molecule has 0 fully saturated rings. The van der Waals surface area contributed by atoms with Crippen LogP contribution < -0.4 is 10.6 Å². The highest BCUT2D eigenvalue weighted by molar-refractivity contribution is 6.24. The number of anilines is 2. The van der Waals surface area contributed by atoms with Gasteiger partial charge in [0, 0.05) is 23.4 Å². The zero-order chi connectivity index (χ0) is 25.1. The van der Waals surface area contributed by atoms with Crippen molar-refractivity contribution in [1.82, 2.24) is 4.98 Å². The Balaban J connectivity index is 2.52. The molecule has 0 unspecified atom stereocenters. The third-order valence-electron chi connectivity index (χ3n) is 4.14. The molecule has 0 spiro atoms. The molecule has 0 radical (unpaired) electrons. The maximum atomic E-state index is 14.4. The van der Waals surface area contributed by atoms with Gasteiger partial charge in [-0.05, 0) is 40.7 Å². The van der Waals surface area contributed by atoms with E-state index >= 15 is 0 Å². The fourth-order valence-electron chi connectivity index (χ4n) is 2.62. The first-order valence-corrected chi connectivity index (χ1v) is 9.73. The van der Waals surface area contributed by atoms with Crippen molar-refractivity contribution < 1.29 is 36.3 Å². The second-order valence-corrected chi connectivity index (χ2v) is 7.94. The maximum Gasteiger partial charge on any atom is 0.343 e. The molecule has 0 saturated heterocycles. The maximum absolute atomic E-state index is 14.4. The number of carbonyl (C=O) groups excluding carboxylic acids is 2. The van der Waals surface area contributed by atoms with Crippen molar-refractivity contribution >= 4 is 23.4 Å². The van der Waals surface area contributed by atoms with Gasteiger partial charge in [-0.15, -0.1) is 0 Å². The predicted octanol–water partition coefficient (Wildman–Crippen LogP) is 5.04. The summed E-state index contributed by atoms with van der Waals surface area (Å²) in [6, 6.07) is 0.830. The van der Waals surface area contributed by atoms with Crippen LogP contribution in [0.1, 0.15) is 43.6 Å². The normalized spacial score (nSPS) is 11.9. The van der Waals surface area contributed by atoms with E-state index in [2.05, 4.69) is 15.6 Å². The monoisotopic (exact) mass is 471 g/mol. The van der Waals surface area contributed by atoms with E-state index in [1.54, 1.807) is 20.8 Å². The van der Waals surface area contributed by atoms with E-state index < -0.39 is 68.9 Å². The number of halogens is 5. The lowest BCUT2D eigenvalue weighted by Gasteiger charge is -2.22. The van der Waals surface area contributed by atoms with Crippen LogP contribution >= 0.6 is 0 Å². The number of ether oxygens (including phenoxy) is 1. The number of nitrogens with one attached hydrogen (secondary N) is 2. The van der Waals surface area contributed by atoms with Crippen LogP contribution in [0.3, 0.4) is 0 Å². The summed E-state index contributed by atoms with van der Waals surface area (Å²) in [5, 5.41) is 4.97. The summed E-state index contributed by atoms with van der Waals surface area (Å²) in [6.45, 7) is 7.30. The highest BCUT2D eigenvalue weighted by Gasteiger charge is 2.27. The van der Waals surface area contributed by atoms with Gasteiger partial charge in [0.1, 0.15) is 11.4 Å². The Hall–Kier alpha value is -3.50. The van der Waals surface area contributed by atoms with Crippen molar-refractivity contribution in [3.63, 3.8) is 0 Å². The third kappa shape index (κ3) is 6.05. The summed E-state index contributed by atoms with van der Waals surface area (Å²) >= 11 is 0. The van der Waals surface area contributed by atoms with Crippen molar-refractivity contribution in [3.8, 4) is 0 Å². The highest BCUT2D eigenvalue weighted by Crippen LogP contribution is 2.24. The Morgan fingerprint density at radius 2 is 1.61 bits per heavy atom. The van der Waals surface area contributed by atoms with Crippen LogP contribution in [0.25, 0.3) is 0 Å². The minimum absolute atomic E-state index is 0.175. The highest BCUT2D eigenvalue weighted by atomic mass is 19.2. The largest absolute Gasteiger partial charge is 0.462 e. The van der Waals surface area contributed by atoms with Crippen LogP contribution in [-0.2, 0) is 9.53 Å². The topological polar surface area (TPSA) is 80.3 Å². The molecule has 2 N–H and O–H groups in total. The molecule has 0 bridgehead atoms. The number of hydrogen-bond donors (Lipinski definition) is 2. The number of Topliss-reactive ketones (excluding diaryl/α,β-unsaturated/α-hetero) is 1. The number of rotatable bonds is 7. The van der Waals surface area contributed by atoms with Gasteiger partial charge in [0.25, 0.3) is 0 Å². The van der Waals surface area contributed by atoms with Gasteiger partial charge >= 0.3 is 5.97 Å². The molecule has 2 rings (SSSR count). The summed E-state index contributed by atoms with van der Waals surface area (Å²) in [5.41, 5.74) is -3.18. The summed E-state index contributed by atoms with van der Waals surface area (Å²) in [4.78, 5) is 28.8. The van der Waals surface area contributed by atoms with Crippen molar-refractivity contribution in [1.29, 1.82) is 0 Å². The van der Waals surface area contributed by atoms with Crippen LogP contribution in [0.4, 0.5) is 33.6 Å². The Morgan fingerprint density at radius 3 is 2.18 bits per heavy atom. The molecule has 6 nitrogen and oxygen atoms in total. The second-order valence-electron chi connectivity index (χ2n) is 7.94. The molecule has 0 atom stereocenters. The average Bonchev–Trinajstić information content (AvgIpc) is 2.71. The number of pyridine rings is 1. The summed E-state index contributed by atoms with van der Waals surface area (Å²) in [5.74, 6) is -9.99. The average molecular weight is 471 g/mol. The van der Waals surface area contributed by atoms with Crippen LogP contribution in [0.5, 0.6) is 0 Å². The van der Waals surface area contributed by atoms with Gasteiger partial charge in [0.15, 0.2) is 34.9 Å². The number of ketones is 1. The molecule has 178 valence electrons. The molecule has 0 aliphatic rings. The number of carbonyl (C=O) groups is 2. The summed E-state index contributed by atoms with van der Waals surface area (Å²) in [6.07, 6.45) is 0.667. The first kappa shape index (κ1) is 25.8. The van der Waals surface area contributed by atoms with Crippen molar-refractivity contribution in [2.24, 2.45) is 0 Å². The number of benzene rings is 1. The summed E-state index contributed by atoms with van der Waals surface area (Å²) < 4.78 is 74.8. The molecule has 33 heavy (non-hydrogen) atoms. The van der Waals surface area contributed by atoms with Gasteiger partial charge < -0.3 is 15.4 Å². The molecular formula is C22H22F5N3O3. The van der Waals surface area contributed by atoms with Gasteiger partial charge in [-0.25, -0.2) is 31.7 Å². The smallest absolute Gasteiger partial charge is 0.343 e. The number of aromatic nitrogens is 1. The standard InChI is InChI=1S/C22H22F5N3O3/c1-6-33-21(32)12(18(31)11-7-13(23)17(27)10(2)16(11)26)9-28-19-14(24)8-15(25)20(29-19)30-22(3,4)5/h7-9H,6H2,1-5H3,(H2,28,29,30). The van der Waals surface area contributed by atoms with Crippen LogP contribution in [-0.4, -0.2) is 28.9 Å².